The first-order valence-electron chi connectivity index (χ1n) is 7.45. The second-order valence-corrected chi connectivity index (χ2v) is 8.81. The Hall–Kier alpha value is -0.993. The van der Waals surface area contributed by atoms with E-state index < -0.39 is 43.2 Å². The van der Waals surface area contributed by atoms with Gasteiger partial charge < -0.3 is 8.85 Å². The fourth-order valence-electron chi connectivity index (χ4n) is 2.65. The molecule has 1 rings (SSSR count). The Kier molecular flexibility index (Phi) is 7.16. The van der Waals surface area contributed by atoms with E-state index in [1.807, 2.05) is 6.55 Å². The van der Waals surface area contributed by atoms with E-state index in [-0.39, 0.29) is 12.3 Å². The van der Waals surface area contributed by atoms with Crippen molar-refractivity contribution in [3.8, 4) is 0 Å². The molecule has 0 bridgehead atoms. The Bertz CT molecular complexity index is 518. The van der Waals surface area contributed by atoms with Gasteiger partial charge >= 0.3 is 8.56 Å². The Morgan fingerprint density at radius 3 is 1.61 bits per heavy atom. The van der Waals surface area contributed by atoms with Gasteiger partial charge in [-0.15, -0.1) is 0 Å². The average molecular weight is 356 g/mol. The lowest BCUT2D eigenvalue weighted by Crippen LogP contribution is -2.40. The molecule has 0 N–H and O–H groups in total. The van der Waals surface area contributed by atoms with Crippen LogP contribution in [-0.2, 0) is 15.3 Å². The second-order valence-electron chi connectivity index (χ2n) is 5.56. The van der Waals surface area contributed by atoms with Crippen LogP contribution in [0.3, 0.4) is 0 Å². The lowest BCUT2D eigenvalue weighted by Gasteiger charge is -2.28. The summed E-state index contributed by atoms with van der Waals surface area (Å²) < 4.78 is 78.2. The van der Waals surface area contributed by atoms with Gasteiger partial charge in [0.25, 0.3) is 0 Å². The van der Waals surface area contributed by atoms with Crippen LogP contribution in [0.4, 0.5) is 22.0 Å². The molecule has 0 aliphatic carbocycles. The molecule has 1 atom stereocenters. The highest BCUT2D eigenvalue weighted by Gasteiger charge is 2.34. The first-order valence-corrected chi connectivity index (χ1v) is 9.97. The van der Waals surface area contributed by atoms with Crippen LogP contribution < -0.4 is 0 Å². The van der Waals surface area contributed by atoms with E-state index in [0.717, 1.165) is 0 Å². The molecule has 0 radical (unpaired) electrons. The van der Waals surface area contributed by atoms with Gasteiger partial charge in [0.2, 0.25) is 5.82 Å². The maximum absolute atomic E-state index is 13.7. The Balaban J connectivity index is 3.00. The van der Waals surface area contributed by atoms with Crippen LogP contribution in [0.15, 0.2) is 0 Å². The fourth-order valence-corrected chi connectivity index (χ4v) is 5.60. The molecule has 0 aromatic heterocycles. The SMILES string of the molecule is CCO[Si](C)(CC(C)Cc1c(F)c(F)c(F)c(F)c1F)OCC. The lowest BCUT2D eigenvalue weighted by molar-refractivity contribution is 0.184. The highest BCUT2D eigenvalue weighted by molar-refractivity contribution is 6.66. The van der Waals surface area contributed by atoms with Gasteiger partial charge in [-0.25, -0.2) is 22.0 Å². The summed E-state index contributed by atoms with van der Waals surface area (Å²) in [5, 5.41) is 0. The van der Waals surface area contributed by atoms with Crippen molar-refractivity contribution >= 4 is 8.56 Å². The van der Waals surface area contributed by atoms with E-state index in [2.05, 4.69) is 0 Å². The third-order valence-corrected chi connectivity index (χ3v) is 6.71. The highest BCUT2D eigenvalue weighted by Crippen LogP contribution is 2.28. The first-order chi connectivity index (χ1) is 10.7. The zero-order valence-electron chi connectivity index (χ0n) is 13.6. The van der Waals surface area contributed by atoms with Crippen LogP contribution >= 0.6 is 0 Å². The average Bonchev–Trinajstić information content (AvgIpc) is 2.48. The maximum atomic E-state index is 13.7. The van der Waals surface area contributed by atoms with Gasteiger partial charge in [-0.1, -0.05) is 6.92 Å². The van der Waals surface area contributed by atoms with Crippen LogP contribution in [0.1, 0.15) is 26.3 Å². The third-order valence-electron chi connectivity index (χ3n) is 3.47. The van der Waals surface area contributed by atoms with Crippen LogP contribution in [0.25, 0.3) is 0 Å². The van der Waals surface area contributed by atoms with Gasteiger partial charge in [-0.05, 0) is 38.8 Å². The predicted octanol–water partition coefficient (Wildman–Crippen LogP) is 4.71. The third kappa shape index (κ3) is 4.74. The van der Waals surface area contributed by atoms with Gasteiger partial charge in [0.15, 0.2) is 23.3 Å². The van der Waals surface area contributed by atoms with Crippen LogP contribution in [-0.4, -0.2) is 21.8 Å². The fraction of sp³-hybridized carbons (Fsp3) is 0.600. The van der Waals surface area contributed by atoms with Crippen molar-refractivity contribution < 1.29 is 30.8 Å². The molecule has 1 aromatic rings. The minimum atomic E-state index is -2.55. The molecule has 1 unspecified atom stereocenters. The second kappa shape index (κ2) is 8.21. The van der Waals surface area contributed by atoms with E-state index >= 15 is 0 Å². The van der Waals surface area contributed by atoms with Crippen molar-refractivity contribution in [1.29, 1.82) is 0 Å². The summed E-state index contributed by atoms with van der Waals surface area (Å²) in [6.07, 6.45) is -0.283. The molecule has 0 aliphatic rings. The molecular weight excluding hydrogens is 335 g/mol. The highest BCUT2D eigenvalue weighted by atomic mass is 28.4. The summed E-state index contributed by atoms with van der Waals surface area (Å²) in [4.78, 5) is 0. The van der Waals surface area contributed by atoms with E-state index in [0.29, 0.717) is 19.3 Å². The smallest absolute Gasteiger partial charge is 0.335 e. The van der Waals surface area contributed by atoms with Crippen molar-refractivity contribution in [1.82, 2.24) is 0 Å². The van der Waals surface area contributed by atoms with Crippen molar-refractivity contribution in [2.24, 2.45) is 5.92 Å². The number of benzene rings is 1. The summed E-state index contributed by atoms with van der Waals surface area (Å²) in [6.45, 7) is 7.95. The number of hydrogen-bond acceptors (Lipinski definition) is 2. The molecule has 132 valence electrons. The van der Waals surface area contributed by atoms with Gasteiger partial charge in [-0.3, -0.25) is 0 Å². The number of hydrogen-bond donors (Lipinski definition) is 0. The van der Waals surface area contributed by atoms with Gasteiger partial charge in [-0.2, -0.15) is 0 Å². The largest absolute Gasteiger partial charge is 0.395 e. The quantitative estimate of drug-likeness (QED) is 0.291. The molecule has 0 amide bonds. The summed E-state index contributed by atoms with van der Waals surface area (Å²) in [5.41, 5.74) is -0.793. The standard InChI is InChI=1S/C15H21F5O2Si/c1-5-21-23(4,22-6-2)8-9(3)7-10-11(16)13(18)15(20)14(19)12(10)17/h9H,5-8H2,1-4H3. The number of halogens is 5. The molecule has 0 spiro atoms. The summed E-state index contributed by atoms with van der Waals surface area (Å²) in [5.74, 6) is -9.88. The maximum Gasteiger partial charge on any atom is 0.335 e. The van der Waals surface area contributed by atoms with E-state index in [4.69, 9.17) is 8.85 Å². The van der Waals surface area contributed by atoms with Crippen molar-refractivity contribution in [2.45, 2.75) is 39.8 Å². The van der Waals surface area contributed by atoms with E-state index in [1.54, 1.807) is 20.8 Å². The molecule has 0 saturated carbocycles. The summed E-state index contributed by atoms with van der Waals surface area (Å²) in [7, 11) is -2.55. The van der Waals surface area contributed by atoms with Gasteiger partial charge in [0.05, 0.1) is 0 Å². The van der Waals surface area contributed by atoms with Crippen LogP contribution in [0.2, 0.25) is 12.6 Å². The Labute approximate surface area is 133 Å². The molecule has 0 saturated heterocycles. The lowest BCUT2D eigenvalue weighted by atomic mass is 10.0. The van der Waals surface area contributed by atoms with Crippen molar-refractivity contribution in [3.63, 3.8) is 0 Å². The number of rotatable bonds is 8. The molecule has 0 aliphatic heterocycles. The molecule has 1 aromatic carbocycles. The minimum absolute atomic E-state index is 0.283. The minimum Gasteiger partial charge on any atom is -0.395 e. The molecular formula is C15H21F5O2Si. The van der Waals surface area contributed by atoms with Crippen molar-refractivity contribution in [3.05, 3.63) is 34.6 Å². The summed E-state index contributed by atoms with van der Waals surface area (Å²) in [6, 6.07) is 0.383. The first kappa shape index (κ1) is 20.1. The van der Waals surface area contributed by atoms with Gasteiger partial charge in [0, 0.05) is 18.8 Å². The Morgan fingerprint density at radius 2 is 1.22 bits per heavy atom. The zero-order chi connectivity index (χ0) is 17.8. The van der Waals surface area contributed by atoms with Crippen LogP contribution in [0, 0.1) is 35.0 Å². The molecule has 23 heavy (non-hydrogen) atoms. The van der Waals surface area contributed by atoms with Crippen molar-refractivity contribution in [2.75, 3.05) is 13.2 Å². The van der Waals surface area contributed by atoms with Gasteiger partial charge in [0.1, 0.15) is 0 Å². The zero-order valence-corrected chi connectivity index (χ0v) is 14.6. The van der Waals surface area contributed by atoms with E-state index in [1.165, 1.54) is 0 Å². The summed E-state index contributed by atoms with van der Waals surface area (Å²) >= 11 is 0. The normalized spacial score (nSPS) is 13.4. The monoisotopic (exact) mass is 356 g/mol. The topological polar surface area (TPSA) is 18.5 Å². The van der Waals surface area contributed by atoms with E-state index in [9.17, 15) is 22.0 Å². The predicted molar refractivity (Wildman–Crippen MR) is 78.8 cm³/mol. The molecule has 0 heterocycles. The molecule has 8 heteroatoms. The molecule has 2 nitrogen and oxygen atoms in total. The Morgan fingerprint density at radius 1 is 0.826 bits per heavy atom. The molecule has 0 fully saturated rings. The van der Waals surface area contributed by atoms with Crippen LogP contribution in [0.5, 0.6) is 0 Å².